The molecule has 0 aliphatic carbocycles. The van der Waals surface area contributed by atoms with Crippen LogP contribution in [0.5, 0.6) is 0 Å². The molecule has 1 atom stereocenters. The van der Waals surface area contributed by atoms with E-state index in [0.29, 0.717) is 30.2 Å². The third kappa shape index (κ3) is 4.24. The average molecular weight is 349 g/mol. The Morgan fingerprint density at radius 3 is 2.68 bits per heavy atom. The molecule has 2 rings (SSSR count). The number of rotatable bonds is 1. The van der Waals surface area contributed by atoms with E-state index >= 15 is 0 Å². The van der Waals surface area contributed by atoms with E-state index in [1.807, 2.05) is 20.8 Å². The number of carbonyl (C=O) groups is 1. The number of piperazine rings is 1. The van der Waals surface area contributed by atoms with Gasteiger partial charge in [0.15, 0.2) is 0 Å². The molecule has 1 fully saturated rings. The topological polar surface area (TPSA) is 41.6 Å². The number of hydrogen-bond acceptors (Lipinski definition) is 3. The van der Waals surface area contributed by atoms with E-state index in [2.05, 4.69) is 5.32 Å². The van der Waals surface area contributed by atoms with E-state index in [1.54, 1.807) is 4.90 Å². The van der Waals surface area contributed by atoms with Gasteiger partial charge in [0, 0.05) is 24.7 Å². The van der Waals surface area contributed by atoms with Crippen molar-refractivity contribution < 1.29 is 13.9 Å². The Balaban J connectivity index is 2.14. The van der Waals surface area contributed by atoms with Crippen LogP contribution in [-0.2, 0) is 4.74 Å². The minimum absolute atomic E-state index is 0.0199. The fourth-order valence-corrected chi connectivity index (χ4v) is 2.77. The van der Waals surface area contributed by atoms with Crippen molar-refractivity contribution in [2.45, 2.75) is 32.4 Å². The first-order chi connectivity index (χ1) is 10.2. The van der Waals surface area contributed by atoms with Gasteiger partial charge in [-0.25, -0.2) is 9.18 Å². The summed E-state index contributed by atoms with van der Waals surface area (Å²) in [6.45, 7) is 6.90. The van der Waals surface area contributed by atoms with Crippen molar-refractivity contribution in [1.29, 1.82) is 0 Å². The highest BCUT2D eigenvalue weighted by atomic mass is 35.5. The lowest BCUT2D eigenvalue weighted by Gasteiger charge is -2.35. The zero-order valence-electron chi connectivity index (χ0n) is 12.8. The number of nitrogens with one attached hydrogen (secondary N) is 1. The number of nitrogens with zero attached hydrogens (tertiary/aromatic N) is 1. The molecule has 1 N–H and O–H groups in total. The van der Waals surface area contributed by atoms with E-state index in [1.165, 1.54) is 12.1 Å². The Morgan fingerprint density at radius 2 is 2.05 bits per heavy atom. The highest BCUT2D eigenvalue weighted by Crippen LogP contribution is 2.30. The van der Waals surface area contributed by atoms with Crippen molar-refractivity contribution in [2.24, 2.45) is 0 Å². The molecular formula is C15H19Cl2FN2O2. The summed E-state index contributed by atoms with van der Waals surface area (Å²) in [6.07, 6.45) is -0.385. The van der Waals surface area contributed by atoms with Crippen molar-refractivity contribution in [1.82, 2.24) is 10.2 Å². The lowest BCUT2D eigenvalue weighted by atomic mass is 10.0. The van der Waals surface area contributed by atoms with Gasteiger partial charge in [-0.05, 0) is 38.5 Å². The van der Waals surface area contributed by atoms with Crippen molar-refractivity contribution in [2.75, 3.05) is 19.6 Å². The van der Waals surface area contributed by atoms with E-state index in [0.717, 1.165) is 0 Å². The molecule has 0 spiro atoms. The molecule has 0 radical (unpaired) electrons. The lowest BCUT2D eigenvalue weighted by molar-refractivity contribution is 0.0195. The average Bonchev–Trinajstić information content (AvgIpc) is 2.41. The largest absolute Gasteiger partial charge is 0.444 e. The van der Waals surface area contributed by atoms with Crippen LogP contribution >= 0.6 is 23.2 Å². The van der Waals surface area contributed by atoms with Crippen LogP contribution in [0, 0.1) is 5.82 Å². The first kappa shape index (κ1) is 17.3. The van der Waals surface area contributed by atoms with Crippen LogP contribution in [-0.4, -0.2) is 36.2 Å². The maximum absolute atomic E-state index is 13.7. The van der Waals surface area contributed by atoms with Gasteiger partial charge in [-0.2, -0.15) is 0 Å². The maximum atomic E-state index is 13.7. The number of hydrogen-bond donors (Lipinski definition) is 1. The van der Waals surface area contributed by atoms with Crippen molar-refractivity contribution in [3.05, 3.63) is 33.6 Å². The molecule has 1 amide bonds. The van der Waals surface area contributed by atoms with Crippen LogP contribution < -0.4 is 5.32 Å². The quantitative estimate of drug-likeness (QED) is 0.779. The Bertz CT molecular complexity index is 575. The number of carbonyl (C=O) groups excluding carboxylic acids is 1. The molecule has 1 aliphatic heterocycles. The minimum Gasteiger partial charge on any atom is -0.444 e. The third-order valence-electron chi connectivity index (χ3n) is 3.24. The van der Waals surface area contributed by atoms with Crippen molar-refractivity contribution in [3.8, 4) is 0 Å². The fraction of sp³-hybridized carbons (Fsp3) is 0.533. The van der Waals surface area contributed by atoms with Gasteiger partial charge in [0.25, 0.3) is 0 Å². The number of benzene rings is 1. The van der Waals surface area contributed by atoms with Crippen molar-refractivity contribution in [3.63, 3.8) is 0 Å². The Kier molecular flexibility index (Phi) is 5.20. The highest BCUT2D eigenvalue weighted by molar-refractivity contribution is 6.35. The monoisotopic (exact) mass is 348 g/mol. The molecule has 1 saturated heterocycles. The zero-order valence-corrected chi connectivity index (χ0v) is 14.3. The summed E-state index contributed by atoms with van der Waals surface area (Å²) in [5, 5.41) is 3.58. The van der Waals surface area contributed by atoms with Crippen LogP contribution in [0.1, 0.15) is 32.4 Å². The highest BCUT2D eigenvalue weighted by Gasteiger charge is 2.29. The first-order valence-electron chi connectivity index (χ1n) is 7.03. The first-order valence-corrected chi connectivity index (χ1v) is 7.79. The normalized spacial score (nSPS) is 19.2. The number of amides is 1. The van der Waals surface area contributed by atoms with Gasteiger partial charge in [0.1, 0.15) is 11.4 Å². The molecule has 1 unspecified atom stereocenters. The molecule has 22 heavy (non-hydrogen) atoms. The minimum atomic E-state index is -0.554. The number of ether oxygens (including phenoxy) is 1. The lowest BCUT2D eigenvalue weighted by Crippen LogP contribution is -2.49. The van der Waals surface area contributed by atoms with Gasteiger partial charge < -0.3 is 15.0 Å². The van der Waals surface area contributed by atoms with Crippen LogP contribution in [0.4, 0.5) is 9.18 Å². The molecule has 0 saturated carbocycles. The summed E-state index contributed by atoms with van der Waals surface area (Å²) < 4.78 is 19.0. The Hall–Kier alpha value is -1.04. The summed E-state index contributed by atoms with van der Waals surface area (Å²) in [5.74, 6) is -0.530. The molecule has 1 aromatic rings. The third-order valence-corrected chi connectivity index (χ3v) is 3.86. The Labute approximate surface area is 139 Å². The summed E-state index contributed by atoms with van der Waals surface area (Å²) >= 11 is 11.9. The second-order valence-corrected chi connectivity index (χ2v) is 7.04. The molecule has 7 heteroatoms. The molecule has 4 nitrogen and oxygen atoms in total. The predicted molar refractivity (Wildman–Crippen MR) is 85.0 cm³/mol. The van der Waals surface area contributed by atoms with Crippen LogP contribution in [0.25, 0.3) is 0 Å². The molecule has 0 bridgehead atoms. The second kappa shape index (κ2) is 6.60. The van der Waals surface area contributed by atoms with E-state index < -0.39 is 11.4 Å². The van der Waals surface area contributed by atoms with Crippen LogP contribution in [0.2, 0.25) is 10.0 Å². The van der Waals surface area contributed by atoms with E-state index in [9.17, 15) is 9.18 Å². The van der Waals surface area contributed by atoms with Crippen LogP contribution in [0.3, 0.4) is 0 Å². The maximum Gasteiger partial charge on any atom is 0.410 e. The van der Waals surface area contributed by atoms with Gasteiger partial charge in [0.2, 0.25) is 0 Å². The van der Waals surface area contributed by atoms with Gasteiger partial charge >= 0.3 is 6.09 Å². The Morgan fingerprint density at radius 1 is 1.36 bits per heavy atom. The van der Waals surface area contributed by atoms with Gasteiger partial charge in [-0.15, -0.1) is 0 Å². The standard InChI is InChI=1S/C15H19Cl2FN2O2/c1-15(2,3)22-14(21)20-5-4-19-13(8-20)9-6-12(18)11(17)7-10(9)16/h6-7,13,19H,4-5,8H2,1-3H3. The molecular weight excluding hydrogens is 330 g/mol. The summed E-state index contributed by atoms with van der Waals surface area (Å²) in [6, 6.07) is 2.42. The molecule has 1 aliphatic rings. The summed E-state index contributed by atoms with van der Waals surface area (Å²) in [4.78, 5) is 13.7. The summed E-state index contributed by atoms with van der Waals surface area (Å²) in [7, 11) is 0. The molecule has 122 valence electrons. The molecule has 1 heterocycles. The zero-order chi connectivity index (χ0) is 16.5. The SMILES string of the molecule is CC(C)(C)OC(=O)N1CCNC(c2cc(F)c(Cl)cc2Cl)C1. The van der Waals surface area contributed by atoms with Gasteiger partial charge in [-0.1, -0.05) is 23.2 Å². The molecule has 0 aromatic heterocycles. The number of halogens is 3. The van der Waals surface area contributed by atoms with Crippen molar-refractivity contribution >= 4 is 29.3 Å². The van der Waals surface area contributed by atoms with E-state index in [-0.39, 0.29) is 17.2 Å². The van der Waals surface area contributed by atoms with Gasteiger partial charge in [0.05, 0.1) is 11.1 Å². The second-order valence-electron chi connectivity index (χ2n) is 6.22. The van der Waals surface area contributed by atoms with E-state index in [4.69, 9.17) is 27.9 Å². The summed E-state index contributed by atoms with van der Waals surface area (Å²) in [5.41, 5.74) is 0.0263. The van der Waals surface area contributed by atoms with Gasteiger partial charge in [-0.3, -0.25) is 0 Å². The fourth-order valence-electron chi connectivity index (χ4n) is 2.26. The molecule has 1 aromatic carbocycles. The smallest absolute Gasteiger partial charge is 0.410 e. The predicted octanol–water partition coefficient (Wildman–Crippen LogP) is 4.01. The van der Waals surface area contributed by atoms with Crippen LogP contribution in [0.15, 0.2) is 12.1 Å².